The predicted octanol–water partition coefficient (Wildman–Crippen LogP) is 4.32. The number of rotatable bonds is 18. The summed E-state index contributed by atoms with van der Waals surface area (Å²) in [5.74, 6) is 0.294. The predicted molar refractivity (Wildman–Crippen MR) is 124 cm³/mol. The first kappa shape index (κ1) is 27.9. The Morgan fingerprint density at radius 1 is 0.567 bits per heavy atom. The van der Waals surface area contributed by atoms with Crippen LogP contribution in [-0.4, -0.2) is 65.3 Å². The molecular formula is C22H44O6S2. The highest BCUT2D eigenvalue weighted by atomic mass is 32.2. The van der Waals surface area contributed by atoms with Crippen LogP contribution in [0.5, 0.6) is 0 Å². The third-order valence-corrected chi connectivity index (χ3v) is 9.11. The van der Waals surface area contributed by atoms with Gasteiger partial charge in [-0.1, -0.05) is 78.1 Å². The van der Waals surface area contributed by atoms with Gasteiger partial charge < -0.3 is 9.47 Å². The number of hydrogen-bond donors (Lipinski definition) is 0. The van der Waals surface area contributed by atoms with Crippen molar-refractivity contribution in [1.82, 2.24) is 0 Å². The van der Waals surface area contributed by atoms with Crippen LogP contribution in [0.25, 0.3) is 0 Å². The summed E-state index contributed by atoms with van der Waals surface area (Å²) in [7, 11) is -6.34. The largest absolute Gasteiger partial charge is 0.372 e. The second-order valence-corrected chi connectivity index (χ2v) is 13.1. The molecule has 0 bridgehead atoms. The van der Waals surface area contributed by atoms with E-state index in [-0.39, 0.29) is 36.2 Å². The Kier molecular flexibility index (Phi) is 14.5. The topological polar surface area (TPSA) is 86.7 Å². The van der Waals surface area contributed by atoms with Crippen LogP contribution in [0.3, 0.4) is 0 Å². The van der Waals surface area contributed by atoms with Gasteiger partial charge >= 0.3 is 0 Å². The van der Waals surface area contributed by atoms with Crippen LogP contribution < -0.4 is 0 Å². The average molecular weight is 469 g/mol. The van der Waals surface area contributed by atoms with Crippen molar-refractivity contribution in [1.29, 1.82) is 0 Å². The molecule has 0 amide bonds. The fraction of sp³-hybridized carbons (Fsp3) is 1.00. The van der Waals surface area contributed by atoms with Gasteiger partial charge in [0.1, 0.15) is 0 Å². The molecular weight excluding hydrogens is 424 g/mol. The summed E-state index contributed by atoms with van der Waals surface area (Å²) >= 11 is 0. The van der Waals surface area contributed by atoms with Crippen molar-refractivity contribution in [2.45, 2.75) is 103 Å². The Labute approximate surface area is 185 Å². The van der Waals surface area contributed by atoms with Crippen LogP contribution in [0.4, 0.5) is 0 Å². The van der Waals surface area contributed by atoms with Crippen molar-refractivity contribution in [3.05, 3.63) is 0 Å². The molecule has 6 nitrogen and oxygen atoms in total. The van der Waals surface area contributed by atoms with Crippen molar-refractivity contribution in [2.75, 3.05) is 36.2 Å². The highest BCUT2D eigenvalue weighted by Crippen LogP contribution is 2.15. The van der Waals surface area contributed by atoms with Gasteiger partial charge in [0.05, 0.1) is 48.4 Å². The normalized spacial score (nSPS) is 20.5. The van der Waals surface area contributed by atoms with Gasteiger partial charge in [-0.3, -0.25) is 0 Å². The Hall–Kier alpha value is -0.180. The lowest BCUT2D eigenvalue weighted by molar-refractivity contribution is -0.116. The molecule has 0 spiro atoms. The van der Waals surface area contributed by atoms with Crippen molar-refractivity contribution in [3.8, 4) is 0 Å². The van der Waals surface area contributed by atoms with Crippen molar-refractivity contribution < 1.29 is 26.3 Å². The number of hydrogen-bond acceptors (Lipinski definition) is 6. The van der Waals surface area contributed by atoms with Gasteiger partial charge in [-0.25, -0.2) is 16.8 Å². The molecule has 0 aromatic heterocycles. The van der Waals surface area contributed by atoms with E-state index in [1.807, 2.05) is 0 Å². The van der Waals surface area contributed by atoms with Crippen LogP contribution in [0.2, 0.25) is 0 Å². The second kappa shape index (κ2) is 15.6. The molecule has 0 unspecified atom stereocenters. The quantitative estimate of drug-likeness (QED) is 0.278. The molecule has 2 atom stereocenters. The molecule has 1 fully saturated rings. The van der Waals surface area contributed by atoms with Gasteiger partial charge in [0.2, 0.25) is 0 Å². The van der Waals surface area contributed by atoms with E-state index in [0.29, 0.717) is 12.8 Å². The smallest absolute Gasteiger partial charge is 0.152 e. The Morgan fingerprint density at radius 2 is 0.900 bits per heavy atom. The van der Waals surface area contributed by atoms with Crippen molar-refractivity contribution >= 4 is 19.7 Å². The van der Waals surface area contributed by atoms with E-state index in [4.69, 9.17) is 9.47 Å². The third-order valence-electron chi connectivity index (χ3n) is 5.53. The second-order valence-electron chi connectivity index (χ2n) is 8.67. The minimum atomic E-state index is -3.17. The molecule has 0 N–H and O–H groups in total. The molecule has 0 aromatic rings. The summed E-state index contributed by atoms with van der Waals surface area (Å²) in [5, 5.41) is 0. The summed E-state index contributed by atoms with van der Waals surface area (Å²) in [6.07, 6.45) is 11.6. The van der Waals surface area contributed by atoms with Crippen LogP contribution >= 0.6 is 0 Å². The third kappa shape index (κ3) is 14.0. The maximum atomic E-state index is 12.3. The molecule has 1 heterocycles. The Bertz CT molecular complexity index is 566. The van der Waals surface area contributed by atoms with E-state index in [1.54, 1.807) is 0 Å². The van der Waals surface area contributed by atoms with Gasteiger partial charge in [0.15, 0.2) is 19.7 Å². The van der Waals surface area contributed by atoms with E-state index < -0.39 is 31.9 Å². The molecule has 30 heavy (non-hydrogen) atoms. The zero-order valence-electron chi connectivity index (χ0n) is 19.1. The van der Waals surface area contributed by atoms with Crippen molar-refractivity contribution in [3.63, 3.8) is 0 Å². The minimum Gasteiger partial charge on any atom is -0.372 e. The van der Waals surface area contributed by atoms with Gasteiger partial charge in [-0.05, 0) is 12.8 Å². The van der Waals surface area contributed by atoms with E-state index in [0.717, 1.165) is 25.7 Å². The molecule has 180 valence electrons. The SMILES string of the molecule is CCCCCCCCS(=O)(=O)C[C@H]1CO[C@H](CS(=O)(=O)CCCCCCCC)CO1. The zero-order chi connectivity index (χ0) is 22.3. The fourth-order valence-electron chi connectivity index (χ4n) is 3.71. The first-order valence-corrected chi connectivity index (χ1v) is 15.6. The zero-order valence-corrected chi connectivity index (χ0v) is 20.8. The van der Waals surface area contributed by atoms with Gasteiger partial charge in [-0.2, -0.15) is 0 Å². The van der Waals surface area contributed by atoms with Gasteiger partial charge in [0.25, 0.3) is 0 Å². The summed E-state index contributed by atoms with van der Waals surface area (Å²) in [5.41, 5.74) is 0. The monoisotopic (exact) mass is 468 g/mol. The Balaban J connectivity index is 2.21. The maximum Gasteiger partial charge on any atom is 0.152 e. The minimum absolute atomic E-state index is 0.0425. The molecule has 0 aliphatic carbocycles. The Morgan fingerprint density at radius 3 is 1.23 bits per heavy atom. The summed E-state index contributed by atoms with van der Waals surface area (Å²) in [6, 6.07) is 0. The molecule has 1 aliphatic heterocycles. The molecule has 1 saturated heterocycles. The summed E-state index contributed by atoms with van der Waals surface area (Å²) in [4.78, 5) is 0. The lowest BCUT2D eigenvalue weighted by Gasteiger charge is -2.29. The van der Waals surface area contributed by atoms with Crippen LogP contribution in [0, 0.1) is 0 Å². The van der Waals surface area contributed by atoms with E-state index in [9.17, 15) is 16.8 Å². The van der Waals surface area contributed by atoms with E-state index >= 15 is 0 Å². The average Bonchev–Trinajstić information content (AvgIpc) is 2.68. The summed E-state index contributed by atoms with van der Waals surface area (Å²) < 4.78 is 60.4. The highest BCUT2D eigenvalue weighted by Gasteiger charge is 2.29. The lowest BCUT2D eigenvalue weighted by atomic mass is 10.1. The molecule has 0 aromatic carbocycles. The number of ether oxygens (including phenoxy) is 2. The number of sulfone groups is 2. The molecule has 1 aliphatic rings. The lowest BCUT2D eigenvalue weighted by Crippen LogP contribution is -2.42. The number of unbranched alkanes of at least 4 members (excludes halogenated alkanes) is 10. The molecule has 0 radical (unpaired) electrons. The van der Waals surface area contributed by atoms with Crippen LogP contribution in [0.15, 0.2) is 0 Å². The van der Waals surface area contributed by atoms with Crippen LogP contribution in [-0.2, 0) is 29.1 Å². The fourth-order valence-corrected chi connectivity index (χ4v) is 6.85. The highest BCUT2D eigenvalue weighted by molar-refractivity contribution is 7.91. The van der Waals surface area contributed by atoms with E-state index in [1.165, 1.54) is 38.5 Å². The molecule has 8 heteroatoms. The maximum absolute atomic E-state index is 12.3. The van der Waals surface area contributed by atoms with E-state index in [2.05, 4.69) is 13.8 Å². The van der Waals surface area contributed by atoms with Crippen LogP contribution in [0.1, 0.15) is 90.9 Å². The molecule has 0 saturated carbocycles. The van der Waals surface area contributed by atoms with Crippen molar-refractivity contribution in [2.24, 2.45) is 0 Å². The standard InChI is InChI=1S/C22H44O6S2/c1-3-5-7-9-11-13-15-29(23,24)19-21-17-28-22(18-27-21)20-30(25,26)16-14-12-10-8-6-4-2/h21-22H,3-20H2,1-2H3/t21-,22+. The van der Waals surface area contributed by atoms with Gasteiger partial charge in [0, 0.05) is 0 Å². The first-order valence-electron chi connectivity index (χ1n) is 11.9. The molecule has 1 rings (SSSR count). The first-order chi connectivity index (χ1) is 14.3. The van der Waals surface area contributed by atoms with Gasteiger partial charge in [-0.15, -0.1) is 0 Å². The summed E-state index contributed by atoms with van der Waals surface area (Å²) in [6.45, 7) is 4.61.